The molecule has 20 heavy (non-hydrogen) atoms. The zero-order chi connectivity index (χ0) is 14.5. The van der Waals surface area contributed by atoms with Gasteiger partial charge in [-0.05, 0) is 36.5 Å². The van der Waals surface area contributed by atoms with Crippen molar-refractivity contribution in [3.05, 3.63) is 33.8 Å². The van der Waals surface area contributed by atoms with Crippen LogP contribution in [0, 0.1) is 5.92 Å². The van der Waals surface area contributed by atoms with Crippen molar-refractivity contribution < 1.29 is 4.79 Å². The molecule has 3 N–H and O–H groups in total. The monoisotopic (exact) mass is 314 g/mol. The van der Waals surface area contributed by atoms with Crippen LogP contribution in [0.4, 0.5) is 0 Å². The first-order valence-corrected chi connectivity index (χ1v) is 7.79. The highest BCUT2D eigenvalue weighted by molar-refractivity contribution is 6.42. The SMILES string of the molecule is NCC(NC(=O)Cc1ccc(Cl)c(Cl)c1)C1CCCC1. The van der Waals surface area contributed by atoms with Crippen molar-refractivity contribution in [2.45, 2.75) is 38.1 Å². The highest BCUT2D eigenvalue weighted by atomic mass is 35.5. The minimum atomic E-state index is -0.00857. The van der Waals surface area contributed by atoms with Crippen molar-refractivity contribution in [3.8, 4) is 0 Å². The van der Waals surface area contributed by atoms with Gasteiger partial charge in [0.15, 0.2) is 0 Å². The molecule has 5 heteroatoms. The van der Waals surface area contributed by atoms with Gasteiger partial charge in [0, 0.05) is 12.6 Å². The van der Waals surface area contributed by atoms with Crippen LogP contribution < -0.4 is 11.1 Å². The maximum atomic E-state index is 12.1. The number of nitrogens with one attached hydrogen (secondary N) is 1. The number of amides is 1. The van der Waals surface area contributed by atoms with Crippen molar-refractivity contribution in [3.63, 3.8) is 0 Å². The van der Waals surface area contributed by atoms with Gasteiger partial charge in [0.05, 0.1) is 16.5 Å². The molecule has 0 bridgehead atoms. The zero-order valence-electron chi connectivity index (χ0n) is 11.4. The first-order valence-electron chi connectivity index (χ1n) is 7.03. The third kappa shape index (κ3) is 4.11. The normalized spacial score (nSPS) is 17.1. The number of hydrogen-bond donors (Lipinski definition) is 2. The van der Waals surface area contributed by atoms with E-state index in [1.54, 1.807) is 12.1 Å². The number of rotatable bonds is 5. The molecule has 110 valence electrons. The van der Waals surface area contributed by atoms with Gasteiger partial charge in [0.1, 0.15) is 0 Å². The summed E-state index contributed by atoms with van der Waals surface area (Å²) in [7, 11) is 0. The first kappa shape index (κ1) is 15.6. The van der Waals surface area contributed by atoms with E-state index in [1.807, 2.05) is 6.07 Å². The van der Waals surface area contributed by atoms with Crippen LogP contribution in [0.2, 0.25) is 10.0 Å². The van der Waals surface area contributed by atoms with Gasteiger partial charge < -0.3 is 11.1 Å². The van der Waals surface area contributed by atoms with Gasteiger partial charge in [-0.15, -0.1) is 0 Å². The van der Waals surface area contributed by atoms with Gasteiger partial charge >= 0.3 is 0 Å². The Labute approximate surface area is 129 Å². The Morgan fingerprint density at radius 1 is 1.30 bits per heavy atom. The minimum Gasteiger partial charge on any atom is -0.352 e. The van der Waals surface area contributed by atoms with Gasteiger partial charge in [-0.1, -0.05) is 42.1 Å². The van der Waals surface area contributed by atoms with Crippen molar-refractivity contribution in [2.24, 2.45) is 11.7 Å². The Morgan fingerprint density at radius 2 is 2.00 bits per heavy atom. The van der Waals surface area contributed by atoms with E-state index < -0.39 is 0 Å². The van der Waals surface area contributed by atoms with E-state index in [-0.39, 0.29) is 11.9 Å². The summed E-state index contributed by atoms with van der Waals surface area (Å²) in [5.41, 5.74) is 6.65. The summed E-state index contributed by atoms with van der Waals surface area (Å²) in [5.74, 6) is 0.517. The van der Waals surface area contributed by atoms with E-state index in [0.29, 0.717) is 28.9 Å². The lowest BCUT2D eigenvalue weighted by Gasteiger charge is -2.23. The Bertz CT molecular complexity index is 473. The van der Waals surface area contributed by atoms with Crippen LogP contribution in [0.15, 0.2) is 18.2 Å². The molecule has 1 amide bonds. The Morgan fingerprint density at radius 3 is 2.60 bits per heavy atom. The minimum absolute atomic E-state index is 0.00857. The van der Waals surface area contributed by atoms with Gasteiger partial charge in [-0.25, -0.2) is 0 Å². The molecule has 1 unspecified atom stereocenters. The van der Waals surface area contributed by atoms with Crippen molar-refractivity contribution in [1.82, 2.24) is 5.32 Å². The molecule has 0 spiro atoms. The second-order valence-corrected chi connectivity index (χ2v) is 6.19. The molecule has 0 radical (unpaired) electrons. The lowest BCUT2D eigenvalue weighted by molar-refractivity contribution is -0.121. The molecule has 1 fully saturated rings. The highest BCUT2D eigenvalue weighted by Crippen LogP contribution is 2.27. The summed E-state index contributed by atoms with van der Waals surface area (Å²) in [6.07, 6.45) is 5.11. The van der Waals surface area contributed by atoms with Gasteiger partial charge in [-0.2, -0.15) is 0 Å². The van der Waals surface area contributed by atoms with E-state index in [1.165, 1.54) is 12.8 Å². The van der Waals surface area contributed by atoms with Crippen molar-refractivity contribution >= 4 is 29.1 Å². The van der Waals surface area contributed by atoms with E-state index in [0.717, 1.165) is 18.4 Å². The lowest BCUT2D eigenvalue weighted by atomic mass is 9.98. The molecule has 1 aromatic carbocycles. The van der Waals surface area contributed by atoms with E-state index in [9.17, 15) is 4.79 Å². The number of benzene rings is 1. The molecule has 0 aromatic heterocycles. The Balaban J connectivity index is 1.91. The summed E-state index contributed by atoms with van der Waals surface area (Å²) in [6.45, 7) is 0.498. The average Bonchev–Trinajstić information content (AvgIpc) is 2.94. The summed E-state index contributed by atoms with van der Waals surface area (Å²) >= 11 is 11.8. The van der Waals surface area contributed by atoms with Gasteiger partial charge in [-0.3, -0.25) is 4.79 Å². The summed E-state index contributed by atoms with van der Waals surface area (Å²) in [5, 5.41) is 4.03. The standard InChI is InChI=1S/C15H20Cl2N2O/c16-12-6-5-10(7-13(12)17)8-15(20)19-14(9-18)11-3-1-2-4-11/h5-7,11,14H,1-4,8-9,18H2,(H,19,20). The van der Waals surface area contributed by atoms with Gasteiger partial charge in [0.2, 0.25) is 5.91 Å². The molecule has 1 atom stereocenters. The summed E-state index contributed by atoms with van der Waals surface area (Å²) in [4.78, 5) is 12.1. The number of carbonyl (C=O) groups is 1. The number of nitrogens with two attached hydrogens (primary N) is 1. The van der Waals surface area contributed by atoms with Crippen LogP contribution in [0.1, 0.15) is 31.2 Å². The van der Waals surface area contributed by atoms with E-state index >= 15 is 0 Å². The van der Waals surface area contributed by atoms with Gasteiger partial charge in [0.25, 0.3) is 0 Å². The number of carbonyl (C=O) groups excluding carboxylic acids is 1. The molecule has 1 saturated carbocycles. The van der Waals surface area contributed by atoms with Crippen molar-refractivity contribution in [1.29, 1.82) is 0 Å². The molecule has 0 aliphatic heterocycles. The van der Waals surface area contributed by atoms with E-state index in [4.69, 9.17) is 28.9 Å². The smallest absolute Gasteiger partial charge is 0.224 e. The highest BCUT2D eigenvalue weighted by Gasteiger charge is 2.25. The third-order valence-corrected chi connectivity index (χ3v) is 4.66. The van der Waals surface area contributed by atoms with Crippen molar-refractivity contribution in [2.75, 3.05) is 6.54 Å². The second kappa shape index (κ2) is 7.30. The summed E-state index contributed by atoms with van der Waals surface area (Å²) in [6, 6.07) is 5.36. The fourth-order valence-electron chi connectivity index (χ4n) is 2.82. The zero-order valence-corrected chi connectivity index (χ0v) is 12.9. The maximum absolute atomic E-state index is 12.1. The number of halogens is 2. The largest absolute Gasteiger partial charge is 0.352 e. The molecule has 0 saturated heterocycles. The van der Waals surface area contributed by atoms with Crippen LogP contribution in [0.25, 0.3) is 0 Å². The molecular weight excluding hydrogens is 295 g/mol. The molecule has 1 aromatic rings. The second-order valence-electron chi connectivity index (χ2n) is 5.38. The quantitative estimate of drug-likeness (QED) is 0.877. The lowest BCUT2D eigenvalue weighted by Crippen LogP contribution is -2.45. The number of hydrogen-bond acceptors (Lipinski definition) is 2. The fourth-order valence-corrected chi connectivity index (χ4v) is 3.14. The Hall–Kier alpha value is -0.770. The average molecular weight is 315 g/mol. The van der Waals surface area contributed by atoms with Crippen LogP contribution in [0.5, 0.6) is 0 Å². The molecule has 0 heterocycles. The molecular formula is C15H20Cl2N2O. The molecule has 1 aliphatic rings. The van der Waals surface area contributed by atoms with Crippen LogP contribution >= 0.6 is 23.2 Å². The van der Waals surface area contributed by atoms with Crippen LogP contribution in [-0.4, -0.2) is 18.5 Å². The van der Waals surface area contributed by atoms with Crippen LogP contribution in [-0.2, 0) is 11.2 Å². The summed E-state index contributed by atoms with van der Waals surface area (Å²) < 4.78 is 0. The molecule has 2 rings (SSSR count). The Kier molecular flexibility index (Phi) is 5.70. The molecule has 3 nitrogen and oxygen atoms in total. The maximum Gasteiger partial charge on any atom is 0.224 e. The first-order chi connectivity index (χ1) is 9.60. The van der Waals surface area contributed by atoms with Crippen LogP contribution in [0.3, 0.4) is 0 Å². The van der Waals surface area contributed by atoms with E-state index in [2.05, 4.69) is 5.32 Å². The fraction of sp³-hybridized carbons (Fsp3) is 0.533. The predicted molar refractivity (Wildman–Crippen MR) is 83.1 cm³/mol. The third-order valence-electron chi connectivity index (χ3n) is 3.92. The predicted octanol–water partition coefficient (Wildman–Crippen LogP) is 3.17. The topological polar surface area (TPSA) is 55.1 Å². The molecule has 1 aliphatic carbocycles.